The molecule has 1 N–H and O–H groups in total. The molecule has 2 aromatic carbocycles. The second-order valence-electron chi connectivity index (χ2n) is 6.97. The van der Waals surface area contributed by atoms with Crippen LogP contribution in [0.4, 0.5) is 5.69 Å². The van der Waals surface area contributed by atoms with Gasteiger partial charge in [-0.2, -0.15) is 5.10 Å². The van der Waals surface area contributed by atoms with E-state index in [0.29, 0.717) is 29.7 Å². The number of nitrogens with one attached hydrogen (secondary N) is 1. The summed E-state index contributed by atoms with van der Waals surface area (Å²) in [6, 6.07) is 13.0. The Balaban J connectivity index is 1.42. The molecule has 0 aliphatic rings. The first-order valence-electron chi connectivity index (χ1n) is 9.60. The van der Waals surface area contributed by atoms with Gasteiger partial charge in [-0.1, -0.05) is 28.1 Å². The number of non-ortho nitro benzene ring substituents is 1. The van der Waals surface area contributed by atoms with Crippen molar-refractivity contribution in [2.24, 2.45) is 0 Å². The van der Waals surface area contributed by atoms with Gasteiger partial charge in [0.1, 0.15) is 11.7 Å². The lowest BCUT2D eigenvalue weighted by atomic mass is 10.2. The minimum atomic E-state index is -0.523. The molecule has 0 atom stereocenters. The van der Waals surface area contributed by atoms with Gasteiger partial charge in [0.15, 0.2) is 5.65 Å². The normalized spacial score (nSPS) is 10.9. The Bertz CT molecular complexity index is 1350. The van der Waals surface area contributed by atoms with E-state index in [-0.39, 0.29) is 23.7 Å². The van der Waals surface area contributed by atoms with Gasteiger partial charge in [-0.3, -0.25) is 24.3 Å². The van der Waals surface area contributed by atoms with Gasteiger partial charge >= 0.3 is 0 Å². The molecule has 0 unspecified atom stereocenters. The van der Waals surface area contributed by atoms with Crippen LogP contribution < -0.4 is 10.9 Å². The zero-order valence-corrected chi connectivity index (χ0v) is 18.2. The maximum Gasteiger partial charge on any atom is 0.269 e. The number of nitrogens with zero attached hydrogens (tertiary/aromatic N) is 5. The molecule has 0 saturated carbocycles. The van der Waals surface area contributed by atoms with Gasteiger partial charge in [-0.15, -0.1) is 0 Å². The van der Waals surface area contributed by atoms with Gasteiger partial charge in [-0.05, 0) is 29.8 Å². The second-order valence-corrected chi connectivity index (χ2v) is 7.88. The van der Waals surface area contributed by atoms with Gasteiger partial charge in [-0.25, -0.2) is 9.67 Å². The summed E-state index contributed by atoms with van der Waals surface area (Å²) in [6.45, 7) is 0.952. The van der Waals surface area contributed by atoms with E-state index >= 15 is 0 Å². The van der Waals surface area contributed by atoms with E-state index in [9.17, 15) is 19.7 Å². The maximum atomic E-state index is 12.8. The molecule has 0 spiro atoms. The number of aromatic nitrogens is 4. The summed E-state index contributed by atoms with van der Waals surface area (Å²) in [5.74, 6) is -0.360. The third kappa shape index (κ3) is 4.57. The van der Waals surface area contributed by atoms with Gasteiger partial charge in [0.25, 0.3) is 17.2 Å². The molecule has 0 bridgehead atoms. The van der Waals surface area contributed by atoms with Gasteiger partial charge < -0.3 is 5.32 Å². The average Bonchev–Trinajstić information content (AvgIpc) is 3.21. The molecule has 2 aromatic heterocycles. The number of carbonyl (C=O) groups excluding carboxylic acids is 1. The Morgan fingerprint density at radius 1 is 1.12 bits per heavy atom. The number of nitro benzene ring substituents is 1. The summed E-state index contributed by atoms with van der Waals surface area (Å²) in [5, 5.41) is 18.1. The standard InChI is InChI=1S/C21H17BrN6O4/c22-16-5-1-14(2-6-16)12-26-13-24-19-18(21(26)30)11-25-27(19)10-9-23-20(29)15-3-7-17(8-4-15)28(31)32/h1-8,11,13H,9-10,12H2,(H,23,29). The third-order valence-electron chi connectivity index (χ3n) is 4.84. The van der Waals surface area contributed by atoms with Crippen LogP contribution in [0.1, 0.15) is 15.9 Å². The van der Waals surface area contributed by atoms with Gasteiger partial charge in [0, 0.05) is 28.7 Å². The van der Waals surface area contributed by atoms with E-state index in [1.165, 1.54) is 41.4 Å². The number of carbonyl (C=O) groups is 1. The number of hydrogen-bond donors (Lipinski definition) is 1. The Kier molecular flexibility index (Phi) is 6.08. The molecule has 162 valence electrons. The van der Waals surface area contributed by atoms with E-state index < -0.39 is 4.92 Å². The first-order valence-corrected chi connectivity index (χ1v) is 10.4. The van der Waals surface area contributed by atoms with Crippen LogP contribution in [-0.2, 0) is 13.1 Å². The third-order valence-corrected chi connectivity index (χ3v) is 5.37. The highest BCUT2D eigenvalue weighted by Gasteiger charge is 2.12. The number of fused-ring (bicyclic) bond motifs is 1. The lowest BCUT2D eigenvalue weighted by Crippen LogP contribution is -2.27. The van der Waals surface area contributed by atoms with Crippen LogP contribution >= 0.6 is 15.9 Å². The van der Waals surface area contributed by atoms with E-state index in [0.717, 1.165) is 10.0 Å². The first kappa shape index (κ1) is 21.4. The zero-order chi connectivity index (χ0) is 22.7. The van der Waals surface area contributed by atoms with Crippen LogP contribution in [0.2, 0.25) is 0 Å². The minimum absolute atomic E-state index is 0.0820. The summed E-state index contributed by atoms with van der Waals surface area (Å²) in [4.78, 5) is 39.6. The number of benzene rings is 2. The number of rotatable bonds is 7. The molecule has 0 aliphatic carbocycles. The fraction of sp³-hybridized carbons (Fsp3) is 0.143. The molecule has 10 nitrogen and oxygen atoms in total. The van der Waals surface area contributed by atoms with Crippen LogP contribution in [0.15, 0.2) is 70.3 Å². The Morgan fingerprint density at radius 3 is 2.53 bits per heavy atom. The predicted octanol–water partition coefficient (Wildman–Crippen LogP) is 2.74. The molecule has 11 heteroatoms. The number of hydrogen-bond acceptors (Lipinski definition) is 6. The molecule has 2 heterocycles. The first-order chi connectivity index (χ1) is 15.4. The SMILES string of the molecule is O=C(NCCn1ncc2c(=O)n(Cc3ccc(Br)cc3)cnc21)c1ccc([N+](=O)[O-])cc1. The molecular formula is C21H17BrN6O4. The van der Waals surface area contributed by atoms with E-state index in [4.69, 9.17) is 0 Å². The highest BCUT2D eigenvalue weighted by Crippen LogP contribution is 2.13. The quantitative estimate of drug-likeness (QED) is 0.309. The lowest BCUT2D eigenvalue weighted by Gasteiger charge is -2.08. The van der Waals surface area contributed by atoms with Crippen molar-refractivity contribution in [3.8, 4) is 0 Å². The number of halogens is 1. The molecule has 4 rings (SSSR count). The van der Waals surface area contributed by atoms with E-state index in [1.807, 2.05) is 24.3 Å². The van der Waals surface area contributed by atoms with Crippen molar-refractivity contribution in [2.45, 2.75) is 13.1 Å². The fourth-order valence-corrected chi connectivity index (χ4v) is 3.44. The summed E-state index contributed by atoms with van der Waals surface area (Å²) in [5.41, 5.74) is 1.44. The van der Waals surface area contributed by atoms with Crippen LogP contribution in [0.25, 0.3) is 11.0 Å². The van der Waals surface area contributed by atoms with Crippen molar-refractivity contribution in [1.82, 2.24) is 24.6 Å². The number of amides is 1. The summed E-state index contributed by atoms with van der Waals surface area (Å²) >= 11 is 3.39. The average molecular weight is 497 g/mol. The molecule has 4 aromatic rings. The molecule has 32 heavy (non-hydrogen) atoms. The van der Waals surface area contributed by atoms with E-state index in [1.54, 1.807) is 4.68 Å². The van der Waals surface area contributed by atoms with Crippen molar-refractivity contribution >= 4 is 38.6 Å². The molecule has 0 fully saturated rings. The number of nitro groups is 1. The zero-order valence-electron chi connectivity index (χ0n) is 16.6. The molecule has 0 radical (unpaired) electrons. The predicted molar refractivity (Wildman–Crippen MR) is 120 cm³/mol. The molecule has 1 amide bonds. The van der Waals surface area contributed by atoms with Crippen molar-refractivity contribution in [2.75, 3.05) is 6.54 Å². The fourth-order valence-electron chi connectivity index (χ4n) is 3.17. The van der Waals surface area contributed by atoms with Crippen LogP contribution in [0, 0.1) is 10.1 Å². The minimum Gasteiger partial charge on any atom is -0.350 e. The summed E-state index contributed by atoms with van der Waals surface area (Å²) in [6.07, 6.45) is 2.96. The Labute approximate surface area is 189 Å². The topological polar surface area (TPSA) is 125 Å². The molecular weight excluding hydrogens is 480 g/mol. The van der Waals surface area contributed by atoms with Crippen molar-refractivity contribution in [3.05, 3.63) is 97.1 Å². The smallest absolute Gasteiger partial charge is 0.269 e. The lowest BCUT2D eigenvalue weighted by molar-refractivity contribution is -0.384. The monoisotopic (exact) mass is 496 g/mol. The van der Waals surface area contributed by atoms with Crippen molar-refractivity contribution < 1.29 is 9.72 Å². The van der Waals surface area contributed by atoms with Crippen molar-refractivity contribution in [1.29, 1.82) is 0 Å². The van der Waals surface area contributed by atoms with Gasteiger partial charge in [0.05, 0.1) is 24.2 Å². The van der Waals surface area contributed by atoms with Crippen LogP contribution in [-0.4, -0.2) is 36.7 Å². The van der Waals surface area contributed by atoms with Crippen LogP contribution in [0.3, 0.4) is 0 Å². The summed E-state index contributed by atoms with van der Waals surface area (Å²) < 4.78 is 4.04. The Morgan fingerprint density at radius 2 is 1.84 bits per heavy atom. The maximum absolute atomic E-state index is 12.8. The van der Waals surface area contributed by atoms with Crippen molar-refractivity contribution in [3.63, 3.8) is 0 Å². The molecule has 0 saturated heterocycles. The highest BCUT2D eigenvalue weighted by atomic mass is 79.9. The highest BCUT2D eigenvalue weighted by molar-refractivity contribution is 9.10. The largest absolute Gasteiger partial charge is 0.350 e. The summed E-state index contributed by atoms with van der Waals surface area (Å²) in [7, 11) is 0. The second kappa shape index (κ2) is 9.10. The van der Waals surface area contributed by atoms with E-state index in [2.05, 4.69) is 31.3 Å². The Hall–Kier alpha value is -3.86. The van der Waals surface area contributed by atoms with Gasteiger partial charge in [0.2, 0.25) is 0 Å². The van der Waals surface area contributed by atoms with Crippen LogP contribution in [0.5, 0.6) is 0 Å². The molecule has 0 aliphatic heterocycles.